The average Bonchev–Trinajstić information content (AvgIpc) is 3.69. The molecule has 0 aliphatic rings. The number of aromatic hydroxyl groups is 1. The predicted octanol–water partition coefficient (Wildman–Crippen LogP) is 14.6. The number of pyridine rings is 1. The van der Waals surface area contributed by atoms with Crippen molar-refractivity contribution in [3.63, 3.8) is 0 Å². The van der Waals surface area contributed by atoms with Gasteiger partial charge in [0.25, 0.3) is 0 Å². The first kappa shape index (κ1) is 25.9. The van der Waals surface area contributed by atoms with Crippen LogP contribution >= 0.6 is 0 Å². The normalized spacial score (nSPS) is 15.6. The van der Waals surface area contributed by atoms with Gasteiger partial charge in [0.05, 0.1) is 37.6 Å². The van der Waals surface area contributed by atoms with Crippen LogP contribution in [0.25, 0.3) is 72.7 Å². The number of imidazole rings is 1. The third-order valence-corrected chi connectivity index (χ3v) is 10.5. The first-order valence-corrected chi connectivity index (χ1v) is 19.5. The largest absolute Gasteiger partial charge is 0.507 e. The molecule has 0 spiro atoms. The molecule has 0 aliphatic heterocycles. The highest BCUT2D eigenvalue weighted by molar-refractivity contribution is 5.98. The van der Waals surface area contributed by atoms with Crippen LogP contribution in [0.15, 0.2) is 139 Å². The Balaban J connectivity index is 1.47. The molecule has 8 rings (SSSR count). The van der Waals surface area contributed by atoms with E-state index in [9.17, 15) is 6.48 Å². The van der Waals surface area contributed by atoms with Crippen molar-refractivity contribution in [3.8, 4) is 67.5 Å². The first-order valence-electron chi connectivity index (χ1n) is 26.0. The van der Waals surface area contributed by atoms with Crippen molar-refractivity contribution in [2.75, 3.05) is 0 Å². The van der Waals surface area contributed by atoms with Crippen LogP contribution < -0.4 is 0 Å². The lowest BCUT2D eigenvalue weighted by Gasteiger charge is -2.22. The highest BCUT2D eigenvalue weighted by Gasteiger charge is 2.26. The monoisotopic (exact) mass is 773 g/mol. The Hall–Kier alpha value is -6.26. The smallest absolute Gasteiger partial charge is 0.149 e. The SMILES string of the molecule is [2H]c1nc(-c2cc(-c3cccc4c3nc(-c3cc(C(C)C)cc(C(C)C)c3O)n4-c3ccc(C([2H])([2H])[2H])cc3-c3ccccc3)cc(C(C)(C)C)c2)c([2H])c(-c2c([2H])c([2H])c(C([2H])([2H])[2H])c([2H])c2[2H])c1[2H]. The Labute approximate surface area is 362 Å². The number of rotatable bonds is 8. The highest BCUT2D eigenvalue weighted by atomic mass is 16.3. The molecule has 0 bridgehead atoms. The lowest BCUT2D eigenvalue weighted by molar-refractivity contribution is 0.466. The predicted molar refractivity (Wildman–Crippen MR) is 244 cm³/mol. The van der Waals surface area contributed by atoms with Gasteiger partial charge >= 0.3 is 0 Å². The zero-order chi connectivity index (χ0) is 52.0. The van der Waals surface area contributed by atoms with Crippen LogP contribution in [-0.2, 0) is 5.41 Å². The molecule has 0 aliphatic carbocycles. The van der Waals surface area contributed by atoms with Gasteiger partial charge in [-0.25, -0.2) is 4.98 Å². The van der Waals surface area contributed by atoms with Crippen molar-refractivity contribution in [1.29, 1.82) is 0 Å². The summed E-state index contributed by atoms with van der Waals surface area (Å²) in [5.41, 5.74) is 5.57. The number of aromatic nitrogens is 3. The number of para-hydroxylation sites is 1. The average molecular weight is 773 g/mol. The molecule has 2 aromatic heterocycles. The molecular weight excluding hydrogens is 707 g/mol. The minimum atomic E-state index is -2.98. The third kappa shape index (κ3) is 7.36. The summed E-state index contributed by atoms with van der Waals surface area (Å²) in [6, 6.07) is 25.5. The van der Waals surface area contributed by atoms with Crippen LogP contribution in [-0.4, -0.2) is 19.6 Å². The number of aryl methyl sites for hydroxylation is 1. The summed E-state index contributed by atoms with van der Waals surface area (Å²) < 4.78 is 113. The van der Waals surface area contributed by atoms with Gasteiger partial charge < -0.3 is 5.11 Å². The van der Waals surface area contributed by atoms with Gasteiger partial charge in [-0.05, 0) is 118 Å². The molecular formula is C54H53N3O. The minimum absolute atomic E-state index is 0.0562. The van der Waals surface area contributed by atoms with Gasteiger partial charge in [0, 0.05) is 31.1 Å². The van der Waals surface area contributed by atoms with Crippen molar-refractivity contribution < 1.29 is 22.9 Å². The van der Waals surface area contributed by atoms with Gasteiger partial charge in [0.15, 0.2) is 0 Å². The number of nitrogens with zero attached hydrogens (tertiary/aromatic N) is 3. The maximum absolute atomic E-state index is 12.3. The summed E-state index contributed by atoms with van der Waals surface area (Å²) in [6.45, 7) is 8.81. The lowest BCUT2D eigenvalue weighted by atomic mass is 9.83. The molecule has 4 nitrogen and oxygen atoms in total. The van der Waals surface area contributed by atoms with E-state index in [0.717, 1.165) is 22.3 Å². The van der Waals surface area contributed by atoms with Crippen molar-refractivity contribution in [1.82, 2.24) is 14.5 Å². The lowest BCUT2D eigenvalue weighted by Crippen LogP contribution is -2.11. The fourth-order valence-corrected chi connectivity index (χ4v) is 7.33. The van der Waals surface area contributed by atoms with E-state index in [2.05, 4.69) is 18.8 Å². The Kier molecular flexibility index (Phi) is 6.80. The summed E-state index contributed by atoms with van der Waals surface area (Å²) >= 11 is 0. The fraction of sp³-hybridized carbons (Fsp3) is 0.222. The van der Waals surface area contributed by atoms with Crippen molar-refractivity contribution in [2.24, 2.45) is 0 Å². The standard InChI is InChI=1S/C54H53N3O/c1-33(2)40-30-45(34(3)4)52(58)47(31-40)53-56-51-44(16-13-17-50(51)57(53)49-23-20-36(6)26-46(49)38-14-11-10-12-15-38)41-27-42(29-43(28-41)54(7,8)9)48-32-39(24-25-55-48)37-21-18-35(5)19-22-37/h10-34,58H,1-9H3/i5D3,6D3,18D,19D,21D,22D,24D,25D,32D. The van der Waals surface area contributed by atoms with Crippen molar-refractivity contribution in [2.45, 2.75) is 79.4 Å². The summed E-state index contributed by atoms with van der Waals surface area (Å²) in [5.74, 6) is 0.482. The van der Waals surface area contributed by atoms with Crippen LogP contribution in [0.1, 0.15) is 106 Å². The van der Waals surface area contributed by atoms with Crippen LogP contribution in [0.5, 0.6) is 5.75 Å². The van der Waals surface area contributed by atoms with Crippen molar-refractivity contribution >= 4 is 11.0 Å². The van der Waals surface area contributed by atoms with Crippen LogP contribution in [0, 0.1) is 13.7 Å². The molecule has 2 heterocycles. The van der Waals surface area contributed by atoms with Gasteiger partial charge in [-0.3, -0.25) is 9.55 Å². The van der Waals surface area contributed by atoms with Gasteiger partial charge in [0.1, 0.15) is 11.6 Å². The Morgan fingerprint density at radius 1 is 0.655 bits per heavy atom. The number of fused-ring (bicyclic) bond motifs is 1. The zero-order valence-electron chi connectivity index (χ0n) is 46.7. The van der Waals surface area contributed by atoms with Crippen LogP contribution in [0.2, 0.25) is 0 Å². The van der Waals surface area contributed by atoms with Crippen LogP contribution in [0.4, 0.5) is 0 Å². The van der Waals surface area contributed by atoms with E-state index in [1.165, 1.54) is 0 Å². The van der Waals surface area contributed by atoms with Crippen molar-refractivity contribution in [3.05, 3.63) is 167 Å². The van der Waals surface area contributed by atoms with Gasteiger partial charge in [-0.15, -0.1) is 0 Å². The Morgan fingerprint density at radius 3 is 2.12 bits per heavy atom. The second kappa shape index (κ2) is 15.2. The number of phenols is 1. The second-order valence-corrected chi connectivity index (χ2v) is 16.4. The summed E-state index contributed by atoms with van der Waals surface area (Å²) in [6.07, 6.45) is -0.598. The molecule has 0 atom stereocenters. The number of hydrogen-bond acceptors (Lipinski definition) is 3. The number of hydrogen-bond donors (Lipinski definition) is 1. The van der Waals surface area contributed by atoms with E-state index in [1.54, 1.807) is 24.3 Å². The Morgan fingerprint density at radius 2 is 1.41 bits per heavy atom. The molecule has 58 heavy (non-hydrogen) atoms. The molecule has 0 amide bonds. The summed E-state index contributed by atoms with van der Waals surface area (Å²) in [4.78, 5) is 9.84. The van der Waals surface area contributed by atoms with Crippen LogP contribution in [0.3, 0.4) is 0 Å². The van der Waals surface area contributed by atoms with Gasteiger partial charge in [-0.1, -0.05) is 144 Å². The topological polar surface area (TPSA) is 50.9 Å². The molecule has 0 fully saturated rings. The van der Waals surface area contributed by atoms with E-state index >= 15 is 0 Å². The summed E-state index contributed by atoms with van der Waals surface area (Å²) in [5, 5.41) is 12.3. The molecule has 0 radical (unpaired) electrons. The third-order valence-electron chi connectivity index (χ3n) is 10.5. The maximum Gasteiger partial charge on any atom is 0.149 e. The number of benzene rings is 6. The second-order valence-electron chi connectivity index (χ2n) is 16.4. The molecule has 290 valence electrons. The first-order chi connectivity index (χ1) is 33.1. The summed E-state index contributed by atoms with van der Waals surface area (Å²) in [7, 11) is 0. The molecule has 0 saturated carbocycles. The molecule has 1 N–H and O–H groups in total. The van der Waals surface area contributed by atoms with E-state index < -0.39 is 78.2 Å². The molecule has 0 saturated heterocycles. The minimum Gasteiger partial charge on any atom is -0.507 e. The Bertz CT molecular complexity index is 3390. The molecule has 4 heteroatoms. The van der Waals surface area contributed by atoms with Gasteiger partial charge in [-0.2, -0.15) is 0 Å². The maximum atomic E-state index is 12.3. The zero-order valence-corrected chi connectivity index (χ0v) is 33.7. The van der Waals surface area contributed by atoms with E-state index in [0.29, 0.717) is 50.4 Å². The molecule has 6 aromatic carbocycles. The molecule has 0 unspecified atom stereocenters. The van der Waals surface area contributed by atoms with E-state index in [-0.39, 0.29) is 28.8 Å². The quantitative estimate of drug-likeness (QED) is 0.167. The van der Waals surface area contributed by atoms with E-state index in [4.69, 9.17) is 21.4 Å². The highest BCUT2D eigenvalue weighted by Crippen LogP contribution is 2.44. The van der Waals surface area contributed by atoms with Gasteiger partial charge in [0.2, 0.25) is 0 Å². The number of phenolic OH excluding ortho intramolecular Hbond substituents is 1. The molecule has 8 aromatic rings. The fourth-order valence-electron chi connectivity index (χ4n) is 7.33. The van der Waals surface area contributed by atoms with E-state index in [1.807, 2.05) is 112 Å².